The van der Waals surface area contributed by atoms with E-state index in [9.17, 15) is 9.59 Å². The van der Waals surface area contributed by atoms with Gasteiger partial charge in [-0.25, -0.2) is 4.79 Å². The van der Waals surface area contributed by atoms with Crippen molar-refractivity contribution in [1.82, 2.24) is 30.7 Å². The number of aromatic nitrogens is 3. The summed E-state index contributed by atoms with van der Waals surface area (Å²) in [4.78, 5) is 34.0. The van der Waals surface area contributed by atoms with Crippen molar-refractivity contribution in [3.63, 3.8) is 0 Å². The van der Waals surface area contributed by atoms with Gasteiger partial charge in [0.25, 0.3) is 0 Å². The van der Waals surface area contributed by atoms with Crippen molar-refractivity contribution >= 4 is 11.9 Å². The molecule has 0 spiro atoms. The Balaban J connectivity index is 1.38. The third kappa shape index (κ3) is 3.81. The van der Waals surface area contributed by atoms with Crippen molar-refractivity contribution in [2.24, 2.45) is 0 Å². The number of carbonyl (C=O) groups excluding carboxylic acids is 2. The molecule has 2 aromatic rings. The molecule has 2 aromatic heterocycles. The number of amides is 3. The quantitative estimate of drug-likeness (QED) is 0.806. The van der Waals surface area contributed by atoms with Gasteiger partial charge >= 0.3 is 6.03 Å². The molecular weight excluding hydrogens is 336 g/mol. The van der Waals surface area contributed by atoms with Gasteiger partial charge in [-0.2, -0.15) is 4.98 Å². The summed E-state index contributed by atoms with van der Waals surface area (Å²) >= 11 is 0. The third-order valence-electron chi connectivity index (χ3n) is 4.52. The summed E-state index contributed by atoms with van der Waals surface area (Å²) in [6.45, 7) is 0.666. The monoisotopic (exact) mass is 356 g/mol. The van der Waals surface area contributed by atoms with Crippen LogP contribution in [0.1, 0.15) is 49.0 Å². The molecule has 9 nitrogen and oxygen atoms in total. The second-order valence-corrected chi connectivity index (χ2v) is 6.58. The number of nitrogens with zero attached hydrogens (tertiary/aromatic N) is 4. The number of pyridine rings is 1. The van der Waals surface area contributed by atoms with E-state index in [1.165, 1.54) is 0 Å². The number of hydrogen-bond acceptors (Lipinski definition) is 6. The molecule has 0 radical (unpaired) electrons. The van der Waals surface area contributed by atoms with Gasteiger partial charge in [0, 0.05) is 31.4 Å². The highest BCUT2D eigenvalue weighted by Crippen LogP contribution is 2.33. The maximum atomic E-state index is 12.2. The van der Waals surface area contributed by atoms with E-state index in [2.05, 4.69) is 25.8 Å². The molecule has 4 rings (SSSR count). The molecule has 1 atom stereocenters. The zero-order chi connectivity index (χ0) is 17.9. The fourth-order valence-electron chi connectivity index (χ4n) is 2.97. The van der Waals surface area contributed by atoms with Gasteiger partial charge < -0.3 is 20.1 Å². The second kappa shape index (κ2) is 7.11. The van der Waals surface area contributed by atoms with Crippen LogP contribution >= 0.6 is 0 Å². The first-order valence-electron chi connectivity index (χ1n) is 8.74. The van der Waals surface area contributed by atoms with Gasteiger partial charge in [-0.15, -0.1) is 0 Å². The Hall–Kier alpha value is -2.97. The molecule has 3 amide bonds. The van der Waals surface area contributed by atoms with Crippen molar-refractivity contribution in [3.8, 4) is 0 Å². The highest BCUT2D eigenvalue weighted by molar-refractivity contribution is 5.78. The Bertz CT molecular complexity index is 789. The predicted octanol–water partition coefficient (Wildman–Crippen LogP) is 1.29. The Morgan fingerprint density at radius 1 is 1.27 bits per heavy atom. The van der Waals surface area contributed by atoms with Crippen LogP contribution in [0.3, 0.4) is 0 Å². The molecule has 2 aliphatic rings. The van der Waals surface area contributed by atoms with Crippen LogP contribution in [0.5, 0.6) is 0 Å². The van der Waals surface area contributed by atoms with E-state index in [0.717, 1.165) is 18.4 Å². The van der Waals surface area contributed by atoms with E-state index in [0.29, 0.717) is 37.1 Å². The molecule has 9 heteroatoms. The van der Waals surface area contributed by atoms with Crippen molar-refractivity contribution in [3.05, 3.63) is 41.8 Å². The van der Waals surface area contributed by atoms with Crippen molar-refractivity contribution in [2.45, 2.75) is 50.9 Å². The van der Waals surface area contributed by atoms with Crippen molar-refractivity contribution < 1.29 is 14.1 Å². The molecule has 1 saturated heterocycles. The normalized spacial score (nSPS) is 19.6. The minimum absolute atomic E-state index is 0.0634. The van der Waals surface area contributed by atoms with Gasteiger partial charge in [0.1, 0.15) is 6.04 Å². The molecule has 1 aliphatic carbocycles. The van der Waals surface area contributed by atoms with E-state index in [1.807, 2.05) is 12.1 Å². The summed E-state index contributed by atoms with van der Waals surface area (Å²) < 4.78 is 5.35. The summed E-state index contributed by atoms with van der Waals surface area (Å²) in [6, 6.07) is 3.59. The Kier molecular flexibility index (Phi) is 4.51. The molecule has 0 aromatic carbocycles. The lowest BCUT2D eigenvalue weighted by Crippen LogP contribution is -2.36. The Labute approximate surface area is 150 Å². The first-order valence-corrected chi connectivity index (χ1v) is 8.74. The van der Waals surface area contributed by atoms with E-state index < -0.39 is 0 Å². The van der Waals surface area contributed by atoms with Gasteiger partial charge in [0.05, 0.1) is 6.54 Å². The predicted molar refractivity (Wildman–Crippen MR) is 89.5 cm³/mol. The fraction of sp³-hybridized carbons (Fsp3) is 0.471. The van der Waals surface area contributed by atoms with Crippen LogP contribution in [0.2, 0.25) is 0 Å². The molecule has 2 fully saturated rings. The first kappa shape index (κ1) is 16.5. The SMILES string of the molecule is O=C(NCc1noc([C@@H]2CCC(=O)N2Cc2ccncc2)n1)NC1CC1. The molecule has 2 N–H and O–H groups in total. The largest absolute Gasteiger partial charge is 0.337 e. The summed E-state index contributed by atoms with van der Waals surface area (Å²) in [7, 11) is 0. The minimum atomic E-state index is -0.239. The van der Waals surface area contributed by atoms with Gasteiger partial charge in [0.15, 0.2) is 5.82 Å². The molecule has 1 saturated carbocycles. The molecule has 0 unspecified atom stereocenters. The number of hydrogen-bond donors (Lipinski definition) is 2. The minimum Gasteiger partial charge on any atom is -0.337 e. The van der Waals surface area contributed by atoms with Crippen molar-refractivity contribution in [1.29, 1.82) is 0 Å². The lowest BCUT2D eigenvalue weighted by Gasteiger charge is -2.21. The van der Waals surface area contributed by atoms with Crippen LogP contribution < -0.4 is 10.6 Å². The van der Waals surface area contributed by atoms with E-state index in [1.54, 1.807) is 17.3 Å². The summed E-state index contributed by atoms with van der Waals surface area (Å²) in [5, 5.41) is 9.46. The lowest BCUT2D eigenvalue weighted by atomic mass is 10.2. The molecule has 3 heterocycles. The number of urea groups is 1. The third-order valence-corrected chi connectivity index (χ3v) is 4.52. The smallest absolute Gasteiger partial charge is 0.315 e. The molecule has 26 heavy (non-hydrogen) atoms. The first-order chi connectivity index (χ1) is 12.7. The van der Waals surface area contributed by atoms with Gasteiger partial charge in [-0.05, 0) is 37.0 Å². The maximum Gasteiger partial charge on any atom is 0.315 e. The Morgan fingerprint density at radius 2 is 2.08 bits per heavy atom. The van der Waals surface area contributed by atoms with Crippen molar-refractivity contribution in [2.75, 3.05) is 0 Å². The van der Waals surface area contributed by atoms with E-state index in [-0.39, 0.29) is 24.5 Å². The van der Waals surface area contributed by atoms with Crippen LogP contribution in [0, 0.1) is 0 Å². The number of nitrogens with one attached hydrogen (secondary N) is 2. The van der Waals surface area contributed by atoms with Crippen LogP contribution in [0.25, 0.3) is 0 Å². The van der Waals surface area contributed by atoms with Gasteiger partial charge in [-0.3, -0.25) is 9.78 Å². The van der Waals surface area contributed by atoms with Gasteiger partial charge in [-0.1, -0.05) is 5.16 Å². The van der Waals surface area contributed by atoms with Crippen LogP contribution in [0.15, 0.2) is 29.0 Å². The second-order valence-electron chi connectivity index (χ2n) is 6.58. The Morgan fingerprint density at radius 3 is 2.85 bits per heavy atom. The molecule has 1 aliphatic heterocycles. The molecule has 136 valence electrons. The summed E-state index contributed by atoms with van der Waals surface area (Å²) in [5.74, 6) is 0.868. The standard InChI is InChI=1S/C17H20N6O3/c24-15-4-3-13(23(15)10-11-5-7-18-8-6-11)16-21-14(22-26-16)9-19-17(25)20-12-1-2-12/h5-8,12-13H,1-4,9-10H2,(H2,19,20,25)/t13-/m0/s1. The number of carbonyl (C=O) groups is 2. The topological polar surface area (TPSA) is 113 Å². The zero-order valence-corrected chi connectivity index (χ0v) is 14.2. The highest BCUT2D eigenvalue weighted by Gasteiger charge is 2.36. The summed E-state index contributed by atoms with van der Waals surface area (Å²) in [6.07, 6.45) is 6.56. The van der Waals surface area contributed by atoms with Crippen LogP contribution in [-0.2, 0) is 17.9 Å². The van der Waals surface area contributed by atoms with E-state index >= 15 is 0 Å². The zero-order valence-electron chi connectivity index (χ0n) is 14.2. The average molecular weight is 356 g/mol. The molecule has 0 bridgehead atoms. The maximum absolute atomic E-state index is 12.2. The summed E-state index contributed by atoms with van der Waals surface area (Å²) in [5.41, 5.74) is 0.999. The fourth-order valence-corrected chi connectivity index (χ4v) is 2.97. The van der Waals surface area contributed by atoms with Gasteiger partial charge in [0.2, 0.25) is 11.8 Å². The molecular formula is C17H20N6O3. The lowest BCUT2D eigenvalue weighted by molar-refractivity contribution is -0.130. The average Bonchev–Trinajstić information content (AvgIpc) is 3.21. The van der Waals surface area contributed by atoms with Crippen LogP contribution in [-0.4, -0.2) is 38.0 Å². The number of likely N-dealkylation sites (tertiary alicyclic amines) is 1. The highest BCUT2D eigenvalue weighted by atomic mass is 16.5. The van der Waals surface area contributed by atoms with Crippen LogP contribution in [0.4, 0.5) is 4.79 Å². The number of rotatable bonds is 6. The van der Waals surface area contributed by atoms with E-state index in [4.69, 9.17) is 4.52 Å².